The predicted molar refractivity (Wildman–Crippen MR) is 80.2 cm³/mol. The number of azo groups is 1. The summed E-state index contributed by atoms with van der Waals surface area (Å²) in [6.45, 7) is 3.12. The second-order valence-corrected chi connectivity index (χ2v) is 4.71. The van der Waals surface area contributed by atoms with E-state index in [-0.39, 0.29) is 28.2 Å². The Bertz CT molecular complexity index is 924. The van der Waals surface area contributed by atoms with E-state index in [1.807, 2.05) is 0 Å². The van der Waals surface area contributed by atoms with E-state index in [2.05, 4.69) is 15.2 Å². The molecule has 116 valence electrons. The van der Waals surface area contributed by atoms with Crippen LogP contribution in [0, 0.1) is 35.3 Å². The summed E-state index contributed by atoms with van der Waals surface area (Å²) in [4.78, 5) is 24.3. The Morgan fingerprint density at radius 1 is 1.35 bits per heavy atom. The van der Waals surface area contributed by atoms with E-state index in [0.717, 1.165) is 0 Å². The summed E-state index contributed by atoms with van der Waals surface area (Å²) in [6.07, 6.45) is 0. The Kier molecular flexibility index (Phi) is 4.18. The van der Waals surface area contributed by atoms with Crippen LogP contribution in [0.4, 0.5) is 17.1 Å². The smallest absolute Gasteiger partial charge is 0.296 e. The third-order valence-electron chi connectivity index (χ3n) is 3.11. The summed E-state index contributed by atoms with van der Waals surface area (Å²) in [5.41, 5.74) is -0.551. The van der Waals surface area contributed by atoms with Gasteiger partial charge < -0.3 is 5.11 Å². The minimum absolute atomic E-state index is 0.0222. The first-order chi connectivity index (χ1) is 10.8. The van der Waals surface area contributed by atoms with Crippen molar-refractivity contribution >= 4 is 17.1 Å². The molecule has 0 aliphatic heterocycles. The molecule has 0 fully saturated rings. The van der Waals surface area contributed by atoms with E-state index in [9.17, 15) is 20.0 Å². The number of aromatic amines is 1. The molecule has 9 heteroatoms. The van der Waals surface area contributed by atoms with Gasteiger partial charge in [-0.1, -0.05) is 6.07 Å². The summed E-state index contributed by atoms with van der Waals surface area (Å²) < 4.78 is 0. The van der Waals surface area contributed by atoms with Crippen LogP contribution in [0.3, 0.4) is 0 Å². The molecule has 1 heterocycles. The first kappa shape index (κ1) is 15.8. The van der Waals surface area contributed by atoms with E-state index >= 15 is 0 Å². The number of nitrogens with zero attached hydrogens (tertiary/aromatic N) is 4. The molecular formula is C14H11N5O4. The lowest BCUT2D eigenvalue weighted by molar-refractivity contribution is -0.384. The first-order valence-electron chi connectivity index (χ1n) is 6.38. The Labute approximate surface area is 129 Å². The lowest BCUT2D eigenvalue weighted by Crippen LogP contribution is -2.08. The largest absolute Gasteiger partial charge is 0.494 e. The van der Waals surface area contributed by atoms with Gasteiger partial charge in [-0.2, -0.15) is 5.26 Å². The van der Waals surface area contributed by atoms with E-state index in [1.165, 1.54) is 19.1 Å². The highest BCUT2D eigenvalue weighted by Gasteiger charge is 2.16. The molecule has 0 spiro atoms. The minimum Gasteiger partial charge on any atom is -0.494 e. The van der Waals surface area contributed by atoms with Gasteiger partial charge in [0.1, 0.15) is 11.6 Å². The van der Waals surface area contributed by atoms with E-state index < -0.39 is 16.4 Å². The number of nitrogens with one attached hydrogen (secondary N) is 1. The number of rotatable bonds is 3. The summed E-state index contributed by atoms with van der Waals surface area (Å²) >= 11 is 0. The number of pyridine rings is 1. The molecule has 2 N–H and O–H groups in total. The van der Waals surface area contributed by atoms with Crippen LogP contribution in [0.15, 0.2) is 33.2 Å². The van der Waals surface area contributed by atoms with Crippen LogP contribution in [-0.2, 0) is 0 Å². The fourth-order valence-corrected chi connectivity index (χ4v) is 1.92. The predicted octanol–water partition coefficient (Wildman–Crippen LogP) is 2.89. The third kappa shape index (κ3) is 3.06. The Hall–Kier alpha value is -3.54. The van der Waals surface area contributed by atoms with Crippen LogP contribution in [0.2, 0.25) is 0 Å². The average Bonchev–Trinajstić information content (AvgIpc) is 2.48. The lowest BCUT2D eigenvalue weighted by atomic mass is 10.1. The molecule has 0 aliphatic rings. The third-order valence-corrected chi connectivity index (χ3v) is 3.11. The fourth-order valence-electron chi connectivity index (χ4n) is 1.92. The SMILES string of the molecule is Cc1ccc(N=Nc2c(C)c(C#N)c(O)[nH]c2=O)c([N+](=O)[O-])c1. The molecule has 0 unspecified atom stereocenters. The van der Waals surface area contributed by atoms with Crippen LogP contribution >= 0.6 is 0 Å². The number of H-pyrrole nitrogens is 1. The molecule has 0 atom stereocenters. The van der Waals surface area contributed by atoms with Crippen molar-refractivity contribution in [3.8, 4) is 11.9 Å². The molecular weight excluding hydrogens is 302 g/mol. The van der Waals surface area contributed by atoms with E-state index in [1.54, 1.807) is 19.1 Å². The number of aromatic nitrogens is 1. The number of aryl methyl sites for hydroxylation is 1. The van der Waals surface area contributed by atoms with Gasteiger partial charge in [-0.25, -0.2) is 0 Å². The van der Waals surface area contributed by atoms with Crippen molar-refractivity contribution in [2.45, 2.75) is 13.8 Å². The van der Waals surface area contributed by atoms with Crippen LogP contribution in [0.5, 0.6) is 5.88 Å². The zero-order chi connectivity index (χ0) is 17.1. The van der Waals surface area contributed by atoms with Gasteiger partial charge in [-0.3, -0.25) is 19.9 Å². The van der Waals surface area contributed by atoms with Crippen molar-refractivity contribution in [1.82, 2.24) is 4.98 Å². The Morgan fingerprint density at radius 2 is 2.04 bits per heavy atom. The van der Waals surface area contributed by atoms with Crippen molar-refractivity contribution in [1.29, 1.82) is 5.26 Å². The lowest BCUT2D eigenvalue weighted by Gasteiger charge is -2.03. The zero-order valence-corrected chi connectivity index (χ0v) is 12.2. The highest BCUT2D eigenvalue weighted by atomic mass is 16.6. The maximum Gasteiger partial charge on any atom is 0.296 e. The van der Waals surface area contributed by atoms with Crippen LogP contribution in [0.1, 0.15) is 16.7 Å². The van der Waals surface area contributed by atoms with Gasteiger partial charge in [-0.05, 0) is 25.5 Å². The van der Waals surface area contributed by atoms with Gasteiger partial charge in [0.25, 0.3) is 11.2 Å². The number of nitriles is 1. The highest BCUT2D eigenvalue weighted by molar-refractivity contribution is 5.59. The molecule has 2 aromatic rings. The van der Waals surface area contributed by atoms with Crippen molar-refractivity contribution in [3.63, 3.8) is 0 Å². The molecule has 0 radical (unpaired) electrons. The zero-order valence-electron chi connectivity index (χ0n) is 12.2. The molecule has 1 aromatic carbocycles. The van der Waals surface area contributed by atoms with Gasteiger partial charge >= 0.3 is 0 Å². The van der Waals surface area contributed by atoms with Crippen molar-refractivity contribution in [2.24, 2.45) is 10.2 Å². The molecule has 23 heavy (non-hydrogen) atoms. The maximum absolute atomic E-state index is 11.8. The second kappa shape index (κ2) is 6.07. The summed E-state index contributed by atoms with van der Waals surface area (Å²) in [7, 11) is 0. The molecule has 0 saturated carbocycles. The summed E-state index contributed by atoms with van der Waals surface area (Å²) in [5, 5.41) is 36.9. The van der Waals surface area contributed by atoms with Crippen molar-refractivity contribution in [2.75, 3.05) is 0 Å². The number of aromatic hydroxyl groups is 1. The topological polar surface area (TPSA) is 145 Å². The minimum atomic E-state index is -0.752. The van der Waals surface area contributed by atoms with Crippen LogP contribution < -0.4 is 5.56 Å². The molecule has 0 saturated heterocycles. The normalized spacial score (nSPS) is 10.7. The monoisotopic (exact) mass is 313 g/mol. The van der Waals surface area contributed by atoms with Gasteiger partial charge in [0.2, 0.25) is 5.88 Å². The molecule has 9 nitrogen and oxygen atoms in total. The quantitative estimate of drug-likeness (QED) is 0.508. The fraction of sp³-hybridized carbons (Fsp3) is 0.143. The maximum atomic E-state index is 11.8. The van der Waals surface area contributed by atoms with Crippen LogP contribution in [0.25, 0.3) is 0 Å². The van der Waals surface area contributed by atoms with E-state index in [0.29, 0.717) is 5.56 Å². The number of nitro groups is 1. The first-order valence-corrected chi connectivity index (χ1v) is 6.38. The van der Waals surface area contributed by atoms with Gasteiger partial charge in [0.15, 0.2) is 11.4 Å². The highest BCUT2D eigenvalue weighted by Crippen LogP contribution is 2.30. The molecule has 0 amide bonds. The summed E-state index contributed by atoms with van der Waals surface area (Å²) in [6, 6.07) is 6.10. The van der Waals surface area contributed by atoms with Crippen molar-refractivity contribution < 1.29 is 10.0 Å². The molecule has 0 bridgehead atoms. The number of hydrogen-bond acceptors (Lipinski definition) is 7. The van der Waals surface area contributed by atoms with Gasteiger partial charge in [-0.15, -0.1) is 10.2 Å². The Balaban J connectivity index is 2.57. The molecule has 1 aromatic heterocycles. The van der Waals surface area contributed by atoms with Gasteiger partial charge in [0.05, 0.1) is 4.92 Å². The standard InChI is InChI=1S/C14H11N5O4/c1-7-3-4-10(11(5-7)19(22)23)17-18-12-8(2)9(6-15)13(20)16-14(12)21/h3-5H,1-2H3,(H2,16,20,21). The number of benzene rings is 1. The number of nitro benzene ring substituents is 1. The average molecular weight is 313 g/mol. The second-order valence-electron chi connectivity index (χ2n) is 4.71. The Morgan fingerprint density at radius 3 is 2.65 bits per heavy atom. The van der Waals surface area contributed by atoms with Gasteiger partial charge in [0, 0.05) is 11.6 Å². The van der Waals surface area contributed by atoms with Crippen LogP contribution in [-0.4, -0.2) is 15.0 Å². The molecule has 2 rings (SSSR count). The van der Waals surface area contributed by atoms with E-state index in [4.69, 9.17) is 5.26 Å². The number of hydrogen-bond donors (Lipinski definition) is 2. The van der Waals surface area contributed by atoms with Crippen molar-refractivity contribution in [3.05, 3.63) is 55.4 Å². The molecule has 0 aliphatic carbocycles. The summed E-state index contributed by atoms with van der Waals surface area (Å²) in [5.74, 6) is -0.560.